The average molecular weight is 304 g/mol. The van der Waals surface area contributed by atoms with E-state index in [2.05, 4.69) is 0 Å². The van der Waals surface area contributed by atoms with Crippen LogP contribution in [0.25, 0.3) is 11.0 Å². The van der Waals surface area contributed by atoms with E-state index in [1.807, 2.05) is 31.2 Å². The van der Waals surface area contributed by atoms with Crippen molar-refractivity contribution in [1.29, 1.82) is 0 Å². The SMILES string of the molecule is Cc1ccc2oc(C(N)Cc3cc(F)ccc3Cl)cc2c1. The Bertz CT molecular complexity index is 797. The Kier molecular flexibility index (Phi) is 3.70. The standard InChI is InChI=1S/C17H15ClFNO/c1-10-2-5-16-12(6-10)9-17(21-16)15(20)8-11-7-13(19)3-4-14(11)18/h2-7,9,15H,8,20H2,1H3. The van der Waals surface area contributed by atoms with Gasteiger partial charge in [-0.2, -0.15) is 0 Å². The summed E-state index contributed by atoms with van der Waals surface area (Å²) in [5.74, 6) is 0.359. The second kappa shape index (κ2) is 5.51. The maximum Gasteiger partial charge on any atom is 0.134 e. The van der Waals surface area contributed by atoms with Gasteiger partial charge in [0.15, 0.2) is 0 Å². The van der Waals surface area contributed by atoms with Crippen LogP contribution >= 0.6 is 11.6 Å². The van der Waals surface area contributed by atoms with Crippen LogP contribution in [0.4, 0.5) is 4.39 Å². The molecule has 0 aliphatic carbocycles. The third-order valence-electron chi connectivity index (χ3n) is 3.50. The minimum atomic E-state index is -0.364. The summed E-state index contributed by atoms with van der Waals surface area (Å²) < 4.78 is 19.1. The molecular weight excluding hydrogens is 289 g/mol. The smallest absolute Gasteiger partial charge is 0.134 e. The van der Waals surface area contributed by atoms with Gasteiger partial charge in [-0.15, -0.1) is 0 Å². The zero-order valence-electron chi connectivity index (χ0n) is 11.6. The van der Waals surface area contributed by atoms with Gasteiger partial charge >= 0.3 is 0 Å². The Morgan fingerprint density at radius 1 is 1.19 bits per heavy atom. The Morgan fingerprint density at radius 3 is 2.81 bits per heavy atom. The molecular formula is C17H15ClFNO. The highest BCUT2D eigenvalue weighted by Crippen LogP contribution is 2.27. The Labute approximate surface area is 127 Å². The zero-order chi connectivity index (χ0) is 15.0. The monoisotopic (exact) mass is 303 g/mol. The van der Waals surface area contributed by atoms with Crippen molar-refractivity contribution in [2.75, 3.05) is 0 Å². The lowest BCUT2D eigenvalue weighted by Crippen LogP contribution is -2.12. The molecule has 108 valence electrons. The average Bonchev–Trinajstić information content (AvgIpc) is 2.86. The van der Waals surface area contributed by atoms with E-state index in [1.54, 1.807) is 6.07 Å². The van der Waals surface area contributed by atoms with Gasteiger partial charge in [0.05, 0.1) is 6.04 Å². The Balaban J connectivity index is 1.89. The van der Waals surface area contributed by atoms with E-state index in [0.29, 0.717) is 22.8 Å². The lowest BCUT2D eigenvalue weighted by atomic mass is 10.0. The molecule has 3 aromatic rings. The van der Waals surface area contributed by atoms with Crippen LogP contribution in [0.3, 0.4) is 0 Å². The van der Waals surface area contributed by atoms with Gasteiger partial charge in [0.2, 0.25) is 0 Å². The van der Waals surface area contributed by atoms with E-state index in [0.717, 1.165) is 16.5 Å². The predicted octanol–water partition coefficient (Wildman–Crippen LogP) is 4.78. The highest BCUT2D eigenvalue weighted by atomic mass is 35.5. The van der Waals surface area contributed by atoms with Crippen LogP contribution in [0.2, 0.25) is 5.02 Å². The van der Waals surface area contributed by atoms with Crippen LogP contribution in [0.15, 0.2) is 46.9 Å². The minimum Gasteiger partial charge on any atom is -0.459 e. The van der Waals surface area contributed by atoms with E-state index in [1.165, 1.54) is 12.1 Å². The molecule has 1 aromatic heterocycles. The largest absolute Gasteiger partial charge is 0.459 e. The molecule has 0 spiro atoms. The second-order valence-corrected chi connectivity index (χ2v) is 5.64. The fourth-order valence-corrected chi connectivity index (χ4v) is 2.60. The summed E-state index contributed by atoms with van der Waals surface area (Å²) in [5.41, 5.74) is 8.82. The summed E-state index contributed by atoms with van der Waals surface area (Å²) in [6.07, 6.45) is 0.426. The van der Waals surface area contributed by atoms with Gasteiger partial charge in [-0.3, -0.25) is 0 Å². The third kappa shape index (κ3) is 2.94. The molecule has 2 N–H and O–H groups in total. The summed E-state index contributed by atoms with van der Waals surface area (Å²) in [7, 11) is 0. The number of furan rings is 1. The number of hydrogen-bond donors (Lipinski definition) is 1. The summed E-state index contributed by atoms with van der Waals surface area (Å²) >= 11 is 6.07. The summed E-state index contributed by atoms with van der Waals surface area (Å²) in [6, 6.07) is 11.8. The highest BCUT2D eigenvalue weighted by molar-refractivity contribution is 6.31. The highest BCUT2D eigenvalue weighted by Gasteiger charge is 2.15. The van der Waals surface area contributed by atoms with Gasteiger partial charge in [-0.1, -0.05) is 23.2 Å². The number of halogens is 2. The Hall–Kier alpha value is -1.84. The van der Waals surface area contributed by atoms with Gasteiger partial charge in [0, 0.05) is 10.4 Å². The number of nitrogens with two attached hydrogens (primary N) is 1. The number of rotatable bonds is 3. The first kappa shape index (κ1) is 14.1. The molecule has 0 aliphatic heterocycles. The summed E-state index contributed by atoms with van der Waals surface area (Å²) in [6.45, 7) is 2.03. The van der Waals surface area contributed by atoms with Crippen molar-refractivity contribution in [2.24, 2.45) is 5.73 Å². The van der Waals surface area contributed by atoms with Gasteiger partial charge < -0.3 is 10.2 Å². The van der Waals surface area contributed by atoms with E-state index in [4.69, 9.17) is 21.8 Å². The fourth-order valence-electron chi connectivity index (χ4n) is 2.40. The molecule has 0 fully saturated rings. The van der Waals surface area contributed by atoms with Crippen molar-refractivity contribution in [3.8, 4) is 0 Å². The van der Waals surface area contributed by atoms with Crippen molar-refractivity contribution in [3.63, 3.8) is 0 Å². The molecule has 2 nitrogen and oxygen atoms in total. The molecule has 0 radical (unpaired) electrons. The Morgan fingerprint density at radius 2 is 2.00 bits per heavy atom. The molecule has 4 heteroatoms. The van der Waals surface area contributed by atoms with E-state index >= 15 is 0 Å². The van der Waals surface area contributed by atoms with E-state index in [9.17, 15) is 4.39 Å². The zero-order valence-corrected chi connectivity index (χ0v) is 12.3. The van der Waals surface area contributed by atoms with Crippen molar-refractivity contribution >= 4 is 22.6 Å². The van der Waals surface area contributed by atoms with Gasteiger partial charge in [0.25, 0.3) is 0 Å². The quantitative estimate of drug-likeness (QED) is 0.756. The van der Waals surface area contributed by atoms with Crippen molar-refractivity contribution in [2.45, 2.75) is 19.4 Å². The van der Waals surface area contributed by atoms with Crippen LogP contribution in [0, 0.1) is 12.7 Å². The lowest BCUT2D eigenvalue weighted by molar-refractivity contribution is 0.493. The van der Waals surface area contributed by atoms with Crippen molar-refractivity contribution in [3.05, 3.63) is 70.2 Å². The molecule has 0 amide bonds. The van der Waals surface area contributed by atoms with Crippen LogP contribution in [-0.2, 0) is 6.42 Å². The molecule has 0 saturated heterocycles. The molecule has 1 heterocycles. The summed E-state index contributed by atoms with van der Waals surface area (Å²) in [5, 5.41) is 1.53. The van der Waals surface area contributed by atoms with Crippen molar-refractivity contribution in [1.82, 2.24) is 0 Å². The summed E-state index contributed by atoms with van der Waals surface area (Å²) in [4.78, 5) is 0. The fraction of sp³-hybridized carbons (Fsp3) is 0.176. The minimum absolute atomic E-state index is 0.318. The van der Waals surface area contributed by atoms with E-state index < -0.39 is 0 Å². The first-order chi connectivity index (χ1) is 10.0. The van der Waals surface area contributed by atoms with Crippen LogP contribution < -0.4 is 5.73 Å². The van der Waals surface area contributed by atoms with E-state index in [-0.39, 0.29) is 11.9 Å². The van der Waals surface area contributed by atoms with Crippen LogP contribution in [0.1, 0.15) is 22.9 Å². The first-order valence-corrected chi connectivity index (χ1v) is 7.10. The molecule has 3 rings (SSSR count). The van der Waals surface area contributed by atoms with Gasteiger partial charge in [0.1, 0.15) is 17.2 Å². The number of fused-ring (bicyclic) bond motifs is 1. The molecule has 2 aromatic carbocycles. The van der Waals surface area contributed by atoms with Gasteiger partial charge in [-0.05, 0) is 55.3 Å². The second-order valence-electron chi connectivity index (χ2n) is 5.24. The molecule has 1 unspecified atom stereocenters. The maximum absolute atomic E-state index is 13.3. The third-order valence-corrected chi connectivity index (χ3v) is 3.87. The molecule has 21 heavy (non-hydrogen) atoms. The molecule has 1 atom stereocenters. The van der Waals surface area contributed by atoms with Crippen molar-refractivity contribution < 1.29 is 8.81 Å². The predicted molar refractivity (Wildman–Crippen MR) is 83.0 cm³/mol. The van der Waals surface area contributed by atoms with Crippen LogP contribution in [0.5, 0.6) is 0 Å². The lowest BCUT2D eigenvalue weighted by Gasteiger charge is -2.10. The van der Waals surface area contributed by atoms with Crippen LogP contribution in [-0.4, -0.2) is 0 Å². The maximum atomic E-state index is 13.3. The number of benzene rings is 2. The normalized spacial score (nSPS) is 12.8. The van der Waals surface area contributed by atoms with Gasteiger partial charge in [-0.25, -0.2) is 4.39 Å². The molecule has 0 bridgehead atoms. The number of hydrogen-bond acceptors (Lipinski definition) is 2. The number of aryl methyl sites for hydroxylation is 1. The topological polar surface area (TPSA) is 39.2 Å². The molecule has 0 aliphatic rings. The first-order valence-electron chi connectivity index (χ1n) is 6.72. The molecule has 0 saturated carbocycles.